The van der Waals surface area contributed by atoms with Gasteiger partial charge in [-0.15, -0.1) is 0 Å². The molecule has 0 bridgehead atoms. The Kier molecular flexibility index (Phi) is 8.61. The molecule has 3 N–H and O–H groups in total. The number of sulfone groups is 1. The number of carbonyl (C=O) groups excluding carboxylic acids is 1. The van der Waals surface area contributed by atoms with Gasteiger partial charge in [-0.25, -0.2) is 20.7 Å². The van der Waals surface area contributed by atoms with Crippen molar-refractivity contribution in [1.29, 1.82) is 0 Å². The molecule has 2 aliphatic heterocycles. The van der Waals surface area contributed by atoms with E-state index in [1.54, 1.807) is 0 Å². The van der Waals surface area contributed by atoms with Gasteiger partial charge in [0.25, 0.3) is 9.84 Å². The third-order valence-electron chi connectivity index (χ3n) is 5.51. The van der Waals surface area contributed by atoms with Crippen LogP contribution in [-0.2, 0) is 9.84 Å². The first-order valence-corrected chi connectivity index (χ1v) is 14.2. The van der Waals surface area contributed by atoms with Gasteiger partial charge in [0.2, 0.25) is 0 Å². The average Bonchev–Trinajstić information content (AvgIpc) is 3.00. The standard InChI is InChI=1S/C20H21ClF4IN3O5S/c21-15-9-12(16(31)11-30)10-27-26-17(15)19(22)5-7-29(8-6-19)18(32)28-13-1-3-14(4-2-13)35(33,34)20(23,24)25/h1-4,9-10,16-17,30-31H,5-8,11H2,(H,28,32)/t16-,17?/m1/s1. The van der Waals surface area contributed by atoms with Crippen LogP contribution in [0.3, 0.4) is 0 Å². The topological polar surface area (TPSA) is 119 Å². The van der Waals surface area contributed by atoms with Gasteiger partial charge in [-0.05, 0) is 30.3 Å². The number of benzene rings is 1. The minimum Gasteiger partial charge on any atom is -0.393 e. The number of hydrogen-bond acceptors (Lipinski definition) is 6. The highest BCUT2D eigenvalue weighted by Crippen LogP contribution is 2.44. The molecule has 0 aromatic heterocycles. The molecule has 1 saturated heterocycles. The Balaban J connectivity index is 1.62. The van der Waals surface area contributed by atoms with Crippen LogP contribution in [-0.4, -0.2) is 70.5 Å². The number of nitrogens with one attached hydrogen (secondary N) is 1. The molecule has 3 rings (SSSR count). The van der Waals surface area contributed by atoms with Crippen molar-refractivity contribution >= 4 is 54.2 Å². The van der Waals surface area contributed by atoms with Crippen LogP contribution < -0.4 is 5.32 Å². The molecule has 0 saturated carbocycles. The number of halogens is 6. The Bertz CT molecular complexity index is 1150. The summed E-state index contributed by atoms with van der Waals surface area (Å²) in [6.07, 6.45) is 1.54. The summed E-state index contributed by atoms with van der Waals surface area (Å²) in [6, 6.07) is 2.94. The summed E-state index contributed by atoms with van der Waals surface area (Å²) < 4.78 is 80.2. The molecule has 1 unspecified atom stereocenters. The molecule has 2 aliphatic rings. The van der Waals surface area contributed by atoms with E-state index in [4.69, 9.17) is 16.7 Å². The number of anilines is 1. The van der Waals surface area contributed by atoms with Crippen LogP contribution in [0.4, 0.5) is 28.0 Å². The minimum absolute atomic E-state index is 0.0346. The highest BCUT2D eigenvalue weighted by atomic mass is 127. The lowest BCUT2D eigenvalue weighted by Gasteiger charge is -2.39. The van der Waals surface area contributed by atoms with E-state index >= 15 is 4.39 Å². The number of rotatable bonds is 5. The number of hydrogen-bond donors (Lipinski definition) is 3. The lowest BCUT2D eigenvalue weighted by Crippen LogP contribution is -2.49. The maximum atomic E-state index is 15.8. The number of aliphatic hydroxyl groups excluding tert-OH is 2. The van der Waals surface area contributed by atoms with E-state index in [0.29, 0.717) is 0 Å². The second kappa shape index (κ2) is 10.8. The van der Waals surface area contributed by atoms with Gasteiger partial charge in [-0.3, -0.25) is 0 Å². The molecule has 2 amide bonds. The summed E-state index contributed by atoms with van der Waals surface area (Å²) in [5, 5.41) is 21.6. The Morgan fingerprint density at radius 1 is 1.29 bits per heavy atom. The van der Waals surface area contributed by atoms with Crippen LogP contribution in [0.5, 0.6) is 0 Å². The van der Waals surface area contributed by atoms with Crippen molar-refractivity contribution in [3.63, 3.8) is 0 Å². The predicted molar refractivity (Wildman–Crippen MR) is 129 cm³/mol. The Labute approximate surface area is 213 Å². The smallest absolute Gasteiger partial charge is 0.393 e. The highest BCUT2D eigenvalue weighted by Gasteiger charge is 2.47. The summed E-state index contributed by atoms with van der Waals surface area (Å²) in [6.45, 7) is -0.462. The van der Waals surface area contributed by atoms with E-state index in [0.717, 1.165) is 24.3 Å². The molecule has 1 aromatic rings. The van der Waals surface area contributed by atoms with Crippen molar-refractivity contribution in [2.24, 2.45) is 3.15 Å². The lowest BCUT2D eigenvalue weighted by atomic mass is 9.89. The molecule has 0 radical (unpaired) electrons. The summed E-state index contributed by atoms with van der Waals surface area (Å²) in [7, 11) is -5.50. The van der Waals surface area contributed by atoms with Crippen LogP contribution in [0.15, 0.2) is 55.2 Å². The van der Waals surface area contributed by atoms with E-state index in [-0.39, 0.29) is 42.2 Å². The molecular weight excluding hydrogens is 633 g/mol. The number of likely N-dealkylation sites (tertiary alicyclic amines) is 1. The number of allylic oxidation sites excluding steroid dienone is 1. The van der Waals surface area contributed by atoms with Crippen molar-refractivity contribution in [2.75, 3.05) is 25.0 Å². The molecule has 8 nitrogen and oxygen atoms in total. The Hall–Kier alpha value is -1.62. The number of carbonyl (C=O) groups is 1. The van der Waals surface area contributed by atoms with Gasteiger partial charge in [0.1, 0.15) is 11.8 Å². The molecule has 0 spiro atoms. The summed E-state index contributed by atoms with van der Waals surface area (Å²) >= 11 is 5.22. The third-order valence-corrected chi connectivity index (χ3v) is 10.7. The van der Waals surface area contributed by atoms with E-state index < -0.39 is 69.6 Å². The van der Waals surface area contributed by atoms with Crippen LogP contribution >= 0.6 is 32.6 Å². The number of nitrogens with zero attached hydrogens (tertiary/aromatic N) is 2. The number of alkyl halides is 5. The highest BCUT2D eigenvalue weighted by molar-refractivity contribution is 14.2. The largest absolute Gasteiger partial charge is 0.501 e. The zero-order valence-electron chi connectivity index (χ0n) is 17.8. The lowest BCUT2D eigenvalue weighted by molar-refractivity contribution is -0.0436. The van der Waals surface area contributed by atoms with E-state index in [9.17, 15) is 31.5 Å². The summed E-state index contributed by atoms with van der Waals surface area (Å²) in [5.74, 6) is 0. The van der Waals surface area contributed by atoms with Gasteiger partial charge in [-0.2, -0.15) is 13.2 Å². The SMILES string of the molecule is O=C(Nc1ccc(S(=O)(=O)C(F)(F)F)cc1)N1CCC(F)(C2I=NC=C([C@H](O)CO)C=C2Cl)CC1. The molecular formula is C20H21ClF4IN3O5S. The average molecular weight is 654 g/mol. The third kappa shape index (κ3) is 6.21. The molecule has 1 fully saturated rings. The molecule has 2 atom stereocenters. The quantitative estimate of drug-likeness (QED) is 0.250. The first-order chi connectivity index (χ1) is 16.3. The van der Waals surface area contributed by atoms with Gasteiger partial charge in [-0.1, -0.05) is 11.6 Å². The molecule has 35 heavy (non-hydrogen) atoms. The van der Waals surface area contributed by atoms with E-state index in [2.05, 4.69) is 8.46 Å². The minimum atomic E-state index is -5.50. The summed E-state index contributed by atoms with van der Waals surface area (Å²) in [5.41, 5.74) is -6.81. The Morgan fingerprint density at radius 2 is 1.89 bits per heavy atom. The van der Waals surface area contributed by atoms with Gasteiger partial charge < -0.3 is 20.4 Å². The molecule has 194 valence electrons. The first kappa shape index (κ1) is 28.0. The molecule has 1 aromatic carbocycles. The van der Waals surface area contributed by atoms with E-state index in [1.807, 2.05) is 0 Å². The fraction of sp³-hybridized carbons (Fsp3) is 0.450. The maximum Gasteiger partial charge on any atom is 0.501 e. The number of amides is 2. The maximum absolute atomic E-state index is 15.8. The van der Waals surface area contributed by atoms with Crippen molar-refractivity contribution < 1.29 is 41.0 Å². The summed E-state index contributed by atoms with van der Waals surface area (Å²) in [4.78, 5) is 12.9. The van der Waals surface area contributed by atoms with Crippen LogP contribution in [0.1, 0.15) is 12.8 Å². The molecule has 0 aliphatic carbocycles. The zero-order valence-corrected chi connectivity index (χ0v) is 21.6. The van der Waals surface area contributed by atoms with Crippen molar-refractivity contribution in [2.45, 2.75) is 38.9 Å². The first-order valence-electron chi connectivity index (χ1n) is 10.1. The number of aliphatic hydroxyl groups is 2. The predicted octanol–water partition coefficient (Wildman–Crippen LogP) is 4.21. The van der Waals surface area contributed by atoms with Crippen molar-refractivity contribution in [3.05, 3.63) is 47.1 Å². The number of piperidine rings is 1. The van der Waals surface area contributed by atoms with Crippen LogP contribution in [0.2, 0.25) is 0 Å². The second-order valence-corrected chi connectivity index (χ2v) is 12.6. The second-order valence-electron chi connectivity index (χ2n) is 7.84. The van der Waals surface area contributed by atoms with Crippen molar-refractivity contribution in [1.82, 2.24) is 4.90 Å². The number of urea groups is 1. The fourth-order valence-corrected chi connectivity index (χ4v) is 7.17. The van der Waals surface area contributed by atoms with Gasteiger partial charge in [0.15, 0.2) is 0 Å². The molecule has 2 heterocycles. The van der Waals surface area contributed by atoms with Crippen molar-refractivity contribution in [3.8, 4) is 0 Å². The monoisotopic (exact) mass is 653 g/mol. The van der Waals surface area contributed by atoms with Crippen LogP contribution in [0.25, 0.3) is 0 Å². The fourth-order valence-electron chi connectivity index (χ4n) is 3.47. The van der Waals surface area contributed by atoms with Gasteiger partial charge in [0.05, 0.1) is 15.4 Å². The zero-order chi connectivity index (χ0) is 26.0. The van der Waals surface area contributed by atoms with Crippen LogP contribution in [0, 0.1) is 0 Å². The van der Waals surface area contributed by atoms with E-state index in [1.165, 1.54) is 17.2 Å². The molecule has 15 heteroatoms. The van der Waals surface area contributed by atoms with Gasteiger partial charge >= 0.3 is 11.5 Å². The Morgan fingerprint density at radius 3 is 2.43 bits per heavy atom. The normalized spacial score (nSPS) is 21.8. The van der Waals surface area contributed by atoms with Gasteiger partial charge in [0, 0.05) is 69.5 Å².